The van der Waals surface area contributed by atoms with E-state index in [0.29, 0.717) is 6.61 Å². The van der Waals surface area contributed by atoms with E-state index in [-0.39, 0.29) is 11.4 Å². The van der Waals surface area contributed by atoms with Crippen molar-refractivity contribution in [2.75, 3.05) is 13.1 Å². The molecule has 1 atom stereocenters. The molecule has 104 valence electrons. The van der Waals surface area contributed by atoms with Crippen molar-refractivity contribution in [3.63, 3.8) is 0 Å². The molecule has 20 heavy (non-hydrogen) atoms. The Labute approximate surface area is 116 Å². The van der Waals surface area contributed by atoms with Gasteiger partial charge in [0.25, 0.3) is 0 Å². The molecule has 0 bridgehead atoms. The van der Waals surface area contributed by atoms with Gasteiger partial charge in [-0.05, 0) is 42.8 Å². The molecule has 0 saturated carbocycles. The summed E-state index contributed by atoms with van der Waals surface area (Å²) in [7, 11) is 0. The Morgan fingerprint density at radius 2 is 2.15 bits per heavy atom. The maximum Gasteiger partial charge on any atom is 0.135 e. The van der Waals surface area contributed by atoms with Crippen LogP contribution < -0.4 is 5.32 Å². The molecule has 1 aromatic heterocycles. The number of fused-ring (bicyclic) bond motifs is 1. The monoisotopic (exact) mass is 273 g/mol. The fraction of sp³-hybridized carbons (Fsp3) is 0.400. The van der Waals surface area contributed by atoms with Crippen LogP contribution in [0.15, 0.2) is 30.5 Å². The summed E-state index contributed by atoms with van der Waals surface area (Å²) in [5.74, 6) is 0.730. The van der Waals surface area contributed by atoms with Gasteiger partial charge in [0, 0.05) is 6.54 Å². The van der Waals surface area contributed by atoms with Gasteiger partial charge in [-0.1, -0.05) is 0 Å². The zero-order valence-corrected chi connectivity index (χ0v) is 11.1. The van der Waals surface area contributed by atoms with Crippen LogP contribution in [0.2, 0.25) is 0 Å². The lowest BCUT2D eigenvalue weighted by Gasteiger charge is -2.34. The van der Waals surface area contributed by atoms with Gasteiger partial charge in [-0.15, -0.1) is 0 Å². The van der Waals surface area contributed by atoms with Crippen LogP contribution in [0.25, 0.3) is 11.3 Å². The molecule has 0 amide bonds. The first-order valence-electron chi connectivity index (χ1n) is 6.91. The predicted octanol–water partition coefficient (Wildman–Crippen LogP) is 1.95. The Kier molecular flexibility index (Phi) is 2.65. The predicted molar refractivity (Wildman–Crippen MR) is 72.6 cm³/mol. The quantitative estimate of drug-likeness (QED) is 0.863. The van der Waals surface area contributed by atoms with Crippen molar-refractivity contribution in [1.29, 1.82) is 0 Å². The van der Waals surface area contributed by atoms with Crippen molar-refractivity contribution < 1.29 is 9.13 Å². The first-order valence-corrected chi connectivity index (χ1v) is 6.91. The Balaban J connectivity index is 1.73. The number of aromatic nitrogens is 2. The Morgan fingerprint density at radius 1 is 1.30 bits per heavy atom. The molecule has 0 aliphatic carbocycles. The van der Waals surface area contributed by atoms with Crippen LogP contribution in [0.1, 0.15) is 12.2 Å². The highest BCUT2D eigenvalue weighted by molar-refractivity contribution is 5.59. The molecule has 1 fully saturated rings. The minimum atomic E-state index is -0.216. The summed E-state index contributed by atoms with van der Waals surface area (Å²) >= 11 is 0. The molecule has 2 aliphatic rings. The lowest BCUT2D eigenvalue weighted by molar-refractivity contribution is -0.0759. The number of hydrogen-bond donors (Lipinski definition) is 1. The van der Waals surface area contributed by atoms with E-state index >= 15 is 0 Å². The average molecular weight is 273 g/mol. The zero-order valence-electron chi connectivity index (χ0n) is 11.1. The van der Waals surface area contributed by atoms with E-state index in [1.807, 2.05) is 6.20 Å². The second kappa shape index (κ2) is 4.40. The Hall–Kier alpha value is -1.72. The van der Waals surface area contributed by atoms with E-state index < -0.39 is 0 Å². The number of benzene rings is 1. The smallest absolute Gasteiger partial charge is 0.135 e. The maximum atomic E-state index is 13.1. The number of nitrogens with one attached hydrogen (secondary N) is 1. The van der Waals surface area contributed by atoms with Crippen LogP contribution in [0.4, 0.5) is 4.39 Å². The van der Waals surface area contributed by atoms with Gasteiger partial charge in [-0.2, -0.15) is 0 Å². The van der Waals surface area contributed by atoms with Gasteiger partial charge in [0.1, 0.15) is 23.8 Å². The summed E-state index contributed by atoms with van der Waals surface area (Å²) in [5, 5.41) is 3.36. The molecule has 0 radical (unpaired) electrons. The molecule has 1 saturated heterocycles. The van der Waals surface area contributed by atoms with E-state index in [1.54, 1.807) is 12.1 Å². The van der Waals surface area contributed by atoms with Gasteiger partial charge in [0.2, 0.25) is 0 Å². The van der Waals surface area contributed by atoms with Crippen molar-refractivity contribution in [1.82, 2.24) is 14.9 Å². The van der Waals surface area contributed by atoms with Crippen molar-refractivity contribution in [3.05, 3.63) is 42.1 Å². The molecular weight excluding hydrogens is 257 g/mol. The van der Waals surface area contributed by atoms with Gasteiger partial charge < -0.3 is 14.6 Å². The molecule has 5 heteroatoms. The average Bonchev–Trinajstić information content (AvgIpc) is 3.07. The number of halogens is 1. The molecule has 3 heterocycles. The molecule has 1 N–H and O–H groups in total. The molecule has 4 nitrogen and oxygen atoms in total. The minimum absolute atomic E-state index is 0.109. The molecule has 2 aromatic rings. The minimum Gasteiger partial charge on any atom is -0.364 e. The molecule has 1 spiro atoms. The summed E-state index contributed by atoms with van der Waals surface area (Å²) in [6.45, 7) is 3.23. The standard InChI is InChI=1S/C15H16FN3O/c16-12-3-1-11(2-4-12)13-7-18-14-8-20-15(10-19(13)14)5-6-17-9-15/h1-4,7,17H,5-6,8-10H2. The highest BCUT2D eigenvalue weighted by Gasteiger charge is 2.39. The van der Waals surface area contributed by atoms with Crippen molar-refractivity contribution in [3.8, 4) is 11.3 Å². The lowest BCUT2D eigenvalue weighted by atomic mass is 10.0. The third-order valence-corrected chi connectivity index (χ3v) is 4.24. The van der Waals surface area contributed by atoms with Crippen LogP contribution in [-0.4, -0.2) is 28.2 Å². The fourth-order valence-electron chi connectivity index (χ4n) is 3.09. The topological polar surface area (TPSA) is 39.1 Å². The lowest BCUT2D eigenvalue weighted by Crippen LogP contribution is -2.43. The second-order valence-corrected chi connectivity index (χ2v) is 5.55. The zero-order chi connectivity index (χ0) is 13.6. The Morgan fingerprint density at radius 3 is 2.90 bits per heavy atom. The highest BCUT2D eigenvalue weighted by atomic mass is 19.1. The highest BCUT2D eigenvalue weighted by Crippen LogP contribution is 2.32. The summed E-state index contributed by atoms with van der Waals surface area (Å²) in [6.07, 6.45) is 2.88. The number of rotatable bonds is 1. The van der Waals surface area contributed by atoms with Crippen LogP contribution >= 0.6 is 0 Å². The summed E-state index contributed by atoms with van der Waals surface area (Å²) < 4.78 is 21.3. The van der Waals surface area contributed by atoms with Crippen LogP contribution in [0.3, 0.4) is 0 Å². The number of ether oxygens (including phenoxy) is 1. The molecule has 2 aliphatic heterocycles. The van der Waals surface area contributed by atoms with Crippen LogP contribution in [0, 0.1) is 5.82 Å². The van der Waals surface area contributed by atoms with Crippen molar-refractivity contribution in [2.24, 2.45) is 0 Å². The van der Waals surface area contributed by atoms with E-state index in [9.17, 15) is 4.39 Å². The van der Waals surface area contributed by atoms with Crippen molar-refractivity contribution in [2.45, 2.75) is 25.2 Å². The van der Waals surface area contributed by atoms with Gasteiger partial charge in [-0.25, -0.2) is 9.37 Å². The maximum absolute atomic E-state index is 13.1. The molecule has 4 rings (SSSR count). The molecule has 1 unspecified atom stereocenters. The largest absolute Gasteiger partial charge is 0.364 e. The summed E-state index contributed by atoms with van der Waals surface area (Å²) in [6, 6.07) is 6.58. The number of hydrogen-bond acceptors (Lipinski definition) is 3. The van der Waals surface area contributed by atoms with E-state index in [0.717, 1.165) is 43.1 Å². The van der Waals surface area contributed by atoms with Crippen LogP contribution in [0.5, 0.6) is 0 Å². The second-order valence-electron chi connectivity index (χ2n) is 5.55. The van der Waals surface area contributed by atoms with Crippen LogP contribution in [-0.2, 0) is 17.9 Å². The Bertz CT molecular complexity index is 629. The number of imidazole rings is 1. The third-order valence-electron chi connectivity index (χ3n) is 4.24. The summed E-state index contributed by atoms with van der Waals surface area (Å²) in [5.41, 5.74) is 1.92. The van der Waals surface area contributed by atoms with E-state index in [2.05, 4.69) is 14.9 Å². The van der Waals surface area contributed by atoms with E-state index in [4.69, 9.17) is 4.74 Å². The third kappa shape index (κ3) is 1.85. The van der Waals surface area contributed by atoms with Gasteiger partial charge in [0.15, 0.2) is 0 Å². The van der Waals surface area contributed by atoms with E-state index in [1.165, 1.54) is 12.1 Å². The van der Waals surface area contributed by atoms with Gasteiger partial charge >= 0.3 is 0 Å². The summed E-state index contributed by atoms with van der Waals surface area (Å²) in [4.78, 5) is 4.43. The normalized spacial score (nSPS) is 25.1. The van der Waals surface area contributed by atoms with Gasteiger partial charge in [-0.3, -0.25) is 0 Å². The SMILES string of the molecule is Fc1ccc(-c2cnc3n2CC2(CCNC2)OC3)cc1. The van der Waals surface area contributed by atoms with Crippen molar-refractivity contribution >= 4 is 0 Å². The fourth-order valence-corrected chi connectivity index (χ4v) is 3.09. The molecule has 1 aromatic carbocycles. The first-order chi connectivity index (χ1) is 9.76. The van der Waals surface area contributed by atoms with Gasteiger partial charge in [0.05, 0.1) is 18.4 Å². The number of nitrogens with zero attached hydrogens (tertiary/aromatic N) is 2. The molecular formula is C15H16FN3O. The first kappa shape index (κ1) is 12.1.